The van der Waals surface area contributed by atoms with Crippen LogP contribution in [0, 0.1) is 22.7 Å². The molecule has 0 radical (unpaired) electrons. The van der Waals surface area contributed by atoms with Crippen LogP contribution in [0.4, 0.5) is 0 Å². The molecule has 2 rings (SSSR count). The summed E-state index contributed by atoms with van der Waals surface area (Å²) in [5, 5.41) is 0. The fourth-order valence-corrected chi connectivity index (χ4v) is 3.86. The molecule has 0 amide bonds. The van der Waals surface area contributed by atoms with Crippen LogP contribution in [0.25, 0.3) is 0 Å². The molecule has 0 aromatic carbocycles. The minimum absolute atomic E-state index is 0.288. The lowest BCUT2D eigenvalue weighted by atomic mass is 9.67. The molecule has 0 aliphatic heterocycles. The smallest absolute Gasteiger partial charge is 0.330 e. The lowest BCUT2D eigenvalue weighted by Gasteiger charge is -2.39. The van der Waals surface area contributed by atoms with Crippen molar-refractivity contribution in [2.75, 3.05) is 6.61 Å². The molecule has 2 aliphatic rings. The minimum Gasteiger partial charge on any atom is -0.462 e. The molecule has 2 saturated carbocycles. The molecule has 2 heteroatoms. The van der Waals surface area contributed by atoms with E-state index in [9.17, 15) is 4.79 Å². The largest absolute Gasteiger partial charge is 0.462 e. The Morgan fingerprint density at radius 1 is 1.50 bits per heavy atom. The normalized spacial score (nSPS) is 39.7. The predicted molar refractivity (Wildman–Crippen MR) is 63.9 cm³/mol. The van der Waals surface area contributed by atoms with Gasteiger partial charge in [-0.1, -0.05) is 27.4 Å². The van der Waals surface area contributed by atoms with Crippen LogP contribution >= 0.6 is 0 Å². The van der Waals surface area contributed by atoms with Crippen molar-refractivity contribution < 1.29 is 9.53 Å². The van der Waals surface area contributed by atoms with Crippen molar-refractivity contribution in [1.82, 2.24) is 0 Å². The molecule has 0 heterocycles. The van der Waals surface area contributed by atoms with Gasteiger partial charge in [-0.15, -0.1) is 0 Å². The van der Waals surface area contributed by atoms with E-state index in [4.69, 9.17) is 4.74 Å². The first-order valence-electron chi connectivity index (χ1n) is 6.21. The van der Waals surface area contributed by atoms with Crippen molar-refractivity contribution in [2.45, 2.75) is 40.0 Å². The molecular weight excluding hydrogens is 200 g/mol. The molecule has 0 spiro atoms. The van der Waals surface area contributed by atoms with Crippen LogP contribution in [-0.4, -0.2) is 12.6 Å². The maximum Gasteiger partial charge on any atom is 0.330 e. The number of hydrogen-bond acceptors (Lipinski definition) is 2. The van der Waals surface area contributed by atoms with Crippen molar-refractivity contribution in [2.24, 2.45) is 22.7 Å². The van der Waals surface area contributed by atoms with E-state index >= 15 is 0 Å². The minimum atomic E-state index is -0.288. The van der Waals surface area contributed by atoms with Crippen LogP contribution in [-0.2, 0) is 9.53 Å². The summed E-state index contributed by atoms with van der Waals surface area (Å²) in [5.41, 5.74) is 0.747. The number of ether oxygens (including phenoxy) is 1. The lowest BCUT2D eigenvalue weighted by Crippen LogP contribution is -2.34. The Kier molecular flexibility index (Phi) is 2.64. The number of carbonyl (C=O) groups is 1. The number of carbonyl (C=O) groups excluding carboxylic acids is 1. The first kappa shape index (κ1) is 11.7. The Labute approximate surface area is 98.1 Å². The molecule has 0 saturated heterocycles. The van der Waals surface area contributed by atoms with E-state index in [-0.39, 0.29) is 5.97 Å². The second-order valence-corrected chi connectivity index (χ2v) is 6.14. The van der Waals surface area contributed by atoms with Gasteiger partial charge in [-0.25, -0.2) is 4.79 Å². The highest BCUT2D eigenvalue weighted by molar-refractivity contribution is 5.81. The van der Waals surface area contributed by atoms with Gasteiger partial charge in [0.1, 0.15) is 0 Å². The summed E-state index contributed by atoms with van der Waals surface area (Å²) in [6, 6.07) is 0. The van der Waals surface area contributed by atoms with Crippen molar-refractivity contribution in [3.05, 3.63) is 12.7 Å². The van der Waals surface area contributed by atoms with Crippen LogP contribution in [0.15, 0.2) is 12.7 Å². The lowest BCUT2D eigenvalue weighted by molar-refractivity contribution is -0.140. The first-order valence-corrected chi connectivity index (χ1v) is 6.21. The first-order chi connectivity index (χ1) is 7.41. The van der Waals surface area contributed by atoms with E-state index in [1.165, 1.54) is 25.3 Å². The van der Waals surface area contributed by atoms with Gasteiger partial charge in [-0.2, -0.15) is 0 Å². The van der Waals surface area contributed by atoms with Crippen LogP contribution < -0.4 is 0 Å². The number of esters is 1. The number of fused-ring (bicyclic) bond motifs is 2. The van der Waals surface area contributed by atoms with E-state index in [1.807, 2.05) is 0 Å². The highest BCUT2D eigenvalue weighted by Gasteiger charge is 2.61. The molecule has 3 atom stereocenters. The standard InChI is InChI=1S/C14H22O2/c1-5-12(15)16-9-11-8-10-6-7-14(11,4)13(10,2)3/h5,10-11H,1,6-9H2,2-4H3. The van der Waals surface area contributed by atoms with Gasteiger partial charge in [0, 0.05) is 6.08 Å². The Hall–Kier alpha value is -0.790. The zero-order valence-electron chi connectivity index (χ0n) is 10.6. The highest BCUT2D eigenvalue weighted by Crippen LogP contribution is 2.68. The number of rotatable bonds is 3. The molecule has 0 N–H and O–H groups in total. The van der Waals surface area contributed by atoms with E-state index < -0.39 is 0 Å². The Morgan fingerprint density at radius 3 is 2.62 bits per heavy atom. The molecule has 2 nitrogen and oxygen atoms in total. The predicted octanol–water partition coefficient (Wildman–Crippen LogP) is 3.18. The summed E-state index contributed by atoms with van der Waals surface area (Å²) in [6.07, 6.45) is 5.09. The topological polar surface area (TPSA) is 26.3 Å². The highest BCUT2D eigenvalue weighted by atomic mass is 16.5. The van der Waals surface area contributed by atoms with Gasteiger partial charge >= 0.3 is 5.97 Å². The second kappa shape index (κ2) is 3.61. The maximum absolute atomic E-state index is 11.1. The van der Waals surface area contributed by atoms with Gasteiger partial charge < -0.3 is 4.74 Å². The average molecular weight is 222 g/mol. The summed E-state index contributed by atoms with van der Waals surface area (Å²) in [6.45, 7) is 11.1. The molecular formula is C14H22O2. The molecule has 0 aromatic heterocycles. The van der Waals surface area contributed by atoms with Crippen LogP contribution in [0.3, 0.4) is 0 Å². The monoisotopic (exact) mass is 222 g/mol. The van der Waals surface area contributed by atoms with Crippen LogP contribution in [0.2, 0.25) is 0 Å². The third-order valence-electron chi connectivity index (χ3n) is 5.57. The molecule has 2 aliphatic carbocycles. The molecule has 3 unspecified atom stereocenters. The zero-order valence-corrected chi connectivity index (χ0v) is 10.6. The van der Waals surface area contributed by atoms with Gasteiger partial charge in [0.25, 0.3) is 0 Å². The molecule has 90 valence electrons. The van der Waals surface area contributed by atoms with Gasteiger partial charge in [-0.05, 0) is 41.9 Å². The van der Waals surface area contributed by atoms with E-state index in [0.717, 1.165) is 5.92 Å². The Morgan fingerprint density at radius 2 is 2.19 bits per heavy atom. The number of hydrogen-bond donors (Lipinski definition) is 0. The van der Waals surface area contributed by atoms with Gasteiger partial charge in [0.05, 0.1) is 6.61 Å². The van der Waals surface area contributed by atoms with Crippen LogP contribution in [0.5, 0.6) is 0 Å². The van der Waals surface area contributed by atoms with E-state index in [1.54, 1.807) is 0 Å². The van der Waals surface area contributed by atoms with Gasteiger partial charge in [0.15, 0.2) is 0 Å². The fourth-order valence-electron chi connectivity index (χ4n) is 3.86. The van der Waals surface area contributed by atoms with E-state index in [0.29, 0.717) is 23.4 Å². The second-order valence-electron chi connectivity index (χ2n) is 6.14. The van der Waals surface area contributed by atoms with Crippen molar-refractivity contribution >= 4 is 5.97 Å². The van der Waals surface area contributed by atoms with Crippen molar-refractivity contribution in [3.8, 4) is 0 Å². The van der Waals surface area contributed by atoms with Crippen molar-refractivity contribution in [3.63, 3.8) is 0 Å². The molecule has 2 bridgehead atoms. The summed E-state index contributed by atoms with van der Waals surface area (Å²) in [5.74, 6) is 1.05. The van der Waals surface area contributed by atoms with E-state index in [2.05, 4.69) is 27.4 Å². The third kappa shape index (κ3) is 1.42. The van der Waals surface area contributed by atoms with Crippen LogP contribution in [0.1, 0.15) is 40.0 Å². The summed E-state index contributed by atoms with van der Waals surface area (Å²) in [7, 11) is 0. The maximum atomic E-state index is 11.1. The third-order valence-corrected chi connectivity index (χ3v) is 5.57. The summed E-state index contributed by atoms with van der Waals surface area (Å²) in [4.78, 5) is 11.1. The average Bonchev–Trinajstić information content (AvgIpc) is 2.58. The summed E-state index contributed by atoms with van der Waals surface area (Å²) >= 11 is 0. The Bertz CT molecular complexity index is 319. The van der Waals surface area contributed by atoms with Gasteiger partial charge in [-0.3, -0.25) is 0 Å². The molecule has 0 aromatic rings. The zero-order chi connectivity index (χ0) is 12.0. The SMILES string of the molecule is C=CC(=O)OCC1CC2CCC1(C)C2(C)C. The summed E-state index contributed by atoms with van der Waals surface area (Å²) < 4.78 is 5.23. The fraction of sp³-hybridized carbons (Fsp3) is 0.786. The van der Waals surface area contributed by atoms with Crippen molar-refractivity contribution in [1.29, 1.82) is 0 Å². The van der Waals surface area contributed by atoms with Gasteiger partial charge in [0.2, 0.25) is 0 Å². The Balaban J connectivity index is 2.04. The molecule has 2 fully saturated rings. The quantitative estimate of drug-likeness (QED) is 0.541. The molecule has 16 heavy (non-hydrogen) atoms.